The van der Waals surface area contributed by atoms with E-state index in [9.17, 15) is 10.1 Å². The van der Waals surface area contributed by atoms with E-state index in [1.807, 2.05) is 0 Å². The lowest BCUT2D eigenvalue weighted by Crippen LogP contribution is -2.06. The van der Waals surface area contributed by atoms with Gasteiger partial charge in [0.1, 0.15) is 5.69 Å². The van der Waals surface area contributed by atoms with Gasteiger partial charge in [-0.3, -0.25) is 10.1 Å². The van der Waals surface area contributed by atoms with Crippen LogP contribution >= 0.6 is 23.2 Å². The summed E-state index contributed by atoms with van der Waals surface area (Å²) in [5.41, 5.74) is 0.355. The second kappa shape index (κ2) is 6.07. The first kappa shape index (κ1) is 14.1. The summed E-state index contributed by atoms with van der Waals surface area (Å²) in [6, 6.07) is 2.75. The van der Waals surface area contributed by atoms with Crippen LogP contribution in [-0.4, -0.2) is 11.5 Å². The molecule has 4 nitrogen and oxygen atoms in total. The smallest absolute Gasteiger partial charge is 0.293 e. The number of nitro groups is 1. The molecule has 0 fully saturated rings. The number of anilines is 1. The molecule has 0 amide bonds. The van der Waals surface area contributed by atoms with Crippen molar-refractivity contribution in [2.75, 3.05) is 11.9 Å². The van der Waals surface area contributed by atoms with Crippen molar-refractivity contribution in [3.05, 3.63) is 32.3 Å². The number of benzene rings is 1. The molecule has 0 atom stereocenters. The molecule has 0 radical (unpaired) electrons. The van der Waals surface area contributed by atoms with Crippen LogP contribution in [-0.2, 0) is 0 Å². The Hall–Kier alpha value is -1.00. The first-order chi connectivity index (χ1) is 7.91. The van der Waals surface area contributed by atoms with Crippen molar-refractivity contribution in [3.63, 3.8) is 0 Å². The third kappa shape index (κ3) is 4.06. The molecule has 0 aliphatic carbocycles. The molecule has 1 aromatic rings. The predicted molar refractivity (Wildman–Crippen MR) is 71.1 cm³/mol. The van der Waals surface area contributed by atoms with E-state index in [-0.39, 0.29) is 10.7 Å². The zero-order chi connectivity index (χ0) is 13.0. The van der Waals surface area contributed by atoms with Gasteiger partial charge in [0.15, 0.2) is 0 Å². The van der Waals surface area contributed by atoms with E-state index in [1.165, 1.54) is 12.1 Å². The first-order valence-corrected chi connectivity index (χ1v) is 6.04. The Balaban J connectivity index is 2.89. The van der Waals surface area contributed by atoms with Crippen LogP contribution in [0.5, 0.6) is 0 Å². The summed E-state index contributed by atoms with van der Waals surface area (Å²) in [7, 11) is 0. The molecular weight excluding hydrogens is 263 g/mol. The lowest BCUT2D eigenvalue weighted by Gasteiger charge is -2.09. The monoisotopic (exact) mass is 276 g/mol. The van der Waals surface area contributed by atoms with Crippen molar-refractivity contribution >= 4 is 34.6 Å². The molecule has 0 heterocycles. The van der Waals surface area contributed by atoms with Crippen molar-refractivity contribution in [1.82, 2.24) is 0 Å². The molecular formula is C11H14Cl2N2O2. The van der Waals surface area contributed by atoms with Gasteiger partial charge >= 0.3 is 0 Å². The molecule has 17 heavy (non-hydrogen) atoms. The third-order valence-corrected chi connectivity index (χ3v) is 2.99. The Kier molecular flexibility index (Phi) is 5.02. The minimum absolute atomic E-state index is 0.0526. The van der Waals surface area contributed by atoms with Crippen molar-refractivity contribution < 1.29 is 4.92 Å². The van der Waals surface area contributed by atoms with Gasteiger partial charge in [-0.05, 0) is 18.4 Å². The fraction of sp³-hybridized carbons (Fsp3) is 0.455. The summed E-state index contributed by atoms with van der Waals surface area (Å²) < 4.78 is 0. The van der Waals surface area contributed by atoms with Crippen molar-refractivity contribution in [2.45, 2.75) is 20.3 Å². The van der Waals surface area contributed by atoms with Crippen LogP contribution in [0.15, 0.2) is 12.1 Å². The van der Waals surface area contributed by atoms with Gasteiger partial charge in [0.25, 0.3) is 5.69 Å². The van der Waals surface area contributed by atoms with E-state index in [0.29, 0.717) is 23.2 Å². The summed E-state index contributed by atoms with van der Waals surface area (Å²) in [6.45, 7) is 4.84. The Morgan fingerprint density at radius 2 is 1.94 bits per heavy atom. The lowest BCUT2D eigenvalue weighted by atomic mass is 10.1. The van der Waals surface area contributed by atoms with Crippen LogP contribution in [0.2, 0.25) is 10.0 Å². The standard InChI is InChI=1S/C11H14Cl2N2O2/c1-7(2)3-4-14-10-5-8(12)9(13)6-11(10)15(16)17/h5-7,14H,3-4H2,1-2H3. The van der Waals surface area contributed by atoms with Crippen LogP contribution in [0.3, 0.4) is 0 Å². The van der Waals surface area contributed by atoms with Crippen LogP contribution in [0.1, 0.15) is 20.3 Å². The number of hydrogen-bond acceptors (Lipinski definition) is 3. The van der Waals surface area contributed by atoms with Gasteiger partial charge in [0.2, 0.25) is 0 Å². The number of hydrogen-bond donors (Lipinski definition) is 1. The maximum atomic E-state index is 10.8. The summed E-state index contributed by atoms with van der Waals surface area (Å²) >= 11 is 11.6. The van der Waals surface area contributed by atoms with Gasteiger partial charge in [-0.2, -0.15) is 0 Å². The zero-order valence-corrected chi connectivity index (χ0v) is 11.2. The molecule has 0 saturated carbocycles. The van der Waals surface area contributed by atoms with Gasteiger partial charge in [-0.15, -0.1) is 0 Å². The number of nitrogens with one attached hydrogen (secondary N) is 1. The highest BCUT2D eigenvalue weighted by atomic mass is 35.5. The third-order valence-electron chi connectivity index (χ3n) is 2.27. The highest BCUT2D eigenvalue weighted by Crippen LogP contribution is 2.33. The Morgan fingerprint density at radius 3 is 2.47 bits per heavy atom. The molecule has 1 aromatic carbocycles. The molecule has 0 aliphatic heterocycles. The van der Waals surface area contributed by atoms with Crippen LogP contribution in [0, 0.1) is 16.0 Å². The summed E-state index contributed by atoms with van der Waals surface area (Å²) in [5, 5.41) is 14.4. The predicted octanol–water partition coefficient (Wildman–Crippen LogP) is 4.36. The molecule has 0 saturated heterocycles. The van der Waals surface area contributed by atoms with Crippen LogP contribution in [0.25, 0.3) is 0 Å². The molecule has 0 bridgehead atoms. The van der Waals surface area contributed by atoms with Gasteiger partial charge < -0.3 is 5.32 Å². The molecule has 94 valence electrons. The number of nitrogens with zero attached hydrogens (tertiary/aromatic N) is 1. The second-order valence-electron chi connectivity index (χ2n) is 4.15. The van der Waals surface area contributed by atoms with Crippen molar-refractivity contribution in [2.24, 2.45) is 5.92 Å². The summed E-state index contributed by atoms with van der Waals surface area (Å²) in [4.78, 5) is 10.4. The minimum Gasteiger partial charge on any atom is -0.379 e. The maximum Gasteiger partial charge on any atom is 0.293 e. The van der Waals surface area contributed by atoms with E-state index in [1.54, 1.807) is 0 Å². The molecule has 0 aliphatic rings. The highest BCUT2D eigenvalue weighted by Gasteiger charge is 2.16. The van der Waals surface area contributed by atoms with Crippen molar-refractivity contribution in [3.8, 4) is 0 Å². The second-order valence-corrected chi connectivity index (χ2v) is 4.96. The quantitative estimate of drug-likeness (QED) is 0.642. The number of rotatable bonds is 5. The molecule has 0 aromatic heterocycles. The fourth-order valence-corrected chi connectivity index (χ4v) is 1.65. The summed E-state index contributed by atoms with van der Waals surface area (Å²) in [5.74, 6) is 0.532. The Bertz CT molecular complexity index is 422. The molecule has 1 N–H and O–H groups in total. The van der Waals surface area contributed by atoms with E-state index >= 15 is 0 Å². The van der Waals surface area contributed by atoms with Gasteiger partial charge in [-0.25, -0.2) is 0 Å². The van der Waals surface area contributed by atoms with Crippen LogP contribution in [0.4, 0.5) is 11.4 Å². The van der Waals surface area contributed by atoms with Gasteiger partial charge in [0.05, 0.1) is 15.0 Å². The Labute approximate surface area is 110 Å². The van der Waals surface area contributed by atoms with Gasteiger partial charge in [-0.1, -0.05) is 37.0 Å². The van der Waals surface area contributed by atoms with Crippen LogP contribution < -0.4 is 5.32 Å². The highest BCUT2D eigenvalue weighted by molar-refractivity contribution is 6.42. The Morgan fingerprint density at radius 1 is 1.35 bits per heavy atom. The topological polar surface area (TPSA) is 55.2 Å². The minimum atomic E-state index is -0.472. The maximum absolute atomic E-state index is 10.8. The van der Waals surface area contributed by atoms with Crippen molar-refractivity contribution in [1.29, 1.82) is 0 Å². The average molecular weight is 277 g/mol. The zero-order valence-electron chi connectivity index (χ0n) is 9.67. The van der Waals surface area contributed by atoms with E-state index in [2.05, 4.69) is 19.2 Å². The number of nitro benzene ring substituents is 1. The molecule has 6 heteroatoms. The summed E-state index contributed by atoms with van der Waals surface area (Å²) in [6.07, 6.45) is 0.928. The largest absolute Gasteiger partial charge is 0.379 e. The first-order valence-electron chi connectivity index (χ1n) is 5.29. The van der Waals surface area contributed by atoms with E-state index in [0.717, 1.165) is 6.42 Å². The SMILES string of the molecule is CC(C)CCNc1cc(Cl)c(Cl)cc1[N+](=O)[O-]. The lowest BCUT2D eigenvalue weighted by molar-refractivity contribution is -0.383. The van der Waals surface area contributed by atoms with E-state index < -0.39 is 4.92 Å². The van der Waals surface area contributed by atoms with Gasteiger partial charge in [0, 0.05) is 12.6 Å². The molecule has 1 rings (SSSR count). The fourth-order valence-electron chi connectivity index (χ4n) is 1.32. The molecule has 0 unspecified atom stereocenters. The number of halogens is 2. The molecule has 0 spiro atoms. The normalized spacial score (nSPS) is 10.6. The van der Waals surface area contributed by atoms with E-state index in [4.69, 9.17) is 23.2 Å². The average Bonchev–Trinajstić information content (AvgIpc) is 2.22.